The zero-order chi connectivity index (χ0) is 24.3. The molecule has 2 amide bonds. The minimum atomic E-state index is -0.450. The topological polar surface area (TPSA) is 111 Å². The van der Waals surface area contributed by atoms with Crippen molar-refractivity contribution in [3.63, 3.8) is 0 Å². The SMILES string of the molecule is COc1cc(/C=N/N2C(=O)C3C4C=CC(C5CC45)C3C2=O)ccc1OCc1ccc([N+](=O)[O-])cc1. The van der Waals surface area contributed by atoms with Crippen molar-refractivity contribution in [2.45, 2.75) is 13.0 Å². The van der Waals surface area contributed by atoms with Gasteiger partial charge in [0, 0.05) is 12.1 Å². The molecule has 1 heterocycles. The van der Waals surface area contributed by atoms with Gasteiger partial charge in [0.2, 0.25) is 0 Å². The first-order valence-corrected chi connectivity index (χ1v) is 11.6. The maximum Gasteiger partial charge on any atom is 0.269 e. The smallest absolute Gasteiger partial charge is 0.269 e. The van der Waals surface area contributed by atoms with E-state index in [2.05, 4.69) is 17.3 Å². The average Bonchev–Trinajstić information content (AvgIpc) is 3.66. The summed E-state index contributed by atoms with van der Waals surface area (Å²) >= 11 is 0. The normalized spacial score (nSPS) is 29.9. The van der Waals surface area contributed by atoms with Crippen LogP contribution in [-0.2, 0) is 16.2 Å². The fourth-order valence-corrected chi connectivity index (χ4v) is 5.94. The summed E-state index contributed by atoms with van der Waals surface area (Å²) in [6, 6.07) is 11.3. The van der Waals surface area contributed by atoms with Gasteiger partial charge in [-0.2, -0.15) is 10.1 Å². The molecule has 2 bridgehead atoms. The molecule has 2 aromatic carbocycles. The highest BCUT2D eigenvalue weighted by atomic mass is 16.6. The molecule has 35 heavy (non-hydrogen) atoms. The molecular formula is C26H23N3O6. The number of hydrogen-bond donors (Lipinski definition) is 0. The lowest BCUT2D eigenvalue weighted by Crippen LogP contribution is -2.40. The van der Waals surface area contributed by atoms with Crippen LogP contribution in [0.5, 0.6) is 11.5 Å². The summed E-state index contributed by atoms with van der Waals surface area (Å²) in [5.41, 5.74) is 1.45. The predicted molar refractivity (Wildman–Crippen MR) is 125 cm³/mol. The Morgan fingerprint density at radius 3 is 2.29 bits per heavy atom. The van der Waals surface area contributed by atoms with E-state index in [4.69, 9.17) is 9.47 Å². The average molecular weight is 473 g/mol. The van der Waals surface area contributed by atoms with E-state index in [-0.39, 0.29) is 47.8 Å². The fraction of sp³-hybridized carbons (Fsp3) is 0.346. The van der Waals surface area contributed by atoms with E-state index >= 15 is 0 Å². The van der Waals surface area contributed by atoms with E-state index in [1.54, 1.807) is 30.3 Å². The minimum Gasteiger partial charge on any atom is -0.493 e. The summed E-state index contributed by atoms with van der Waals surface area (Å²) in [6.07, 6.45) is 6.89. The van der Waals surface area contributed by atoms with Crippen LogP contribution in [0.15, 0.2) is 59.7 Å². The molecule has 6 unspecified atom stereocenters. The first-order chi connectivity index (χ1) is 17.0. The summed E-state index contributed by atoms with van der Waals surface area (Å²) < 4.78 is 11.3. The monoisotopic (exact) mass is 473 g/mol. The van der Waals surface area contributed by atoms with Crippen LogP contribution in [0, 0.1) is 45.6 Å². The number of non-ortho nitro benzene ring substituents is 1. The molecule has 2 saturated carbocycles. The van der Waals surface area contributed by atoms with Gasteiger partial charge in [-0.15, -0.1) is 0 Å². The molecule has 5 aliphatic rings. The van der Waals surface area contributed by atoms with Crippen molar-refractivity contribution < 1.29 is 24.0 Å². The molecule has 9 nitrogen and oxygen atoms in total. The lowest BCUT2D eigenvalue weighted by Gasteiger charge is -2.37. The predicted octanol–water partition coefficient (Wildman–Crippen LogP) is 3.57. The fourth-order valence-electron chi connectivity index (χ4n) is 5.94. The maximum absolute atomic E-state index is 13.1. The van der Waals surface area contributed by atoms with Crippen molar-refractivity contribution in [1.29, 1.82) is 0 Å². The van der Waals surface area contributed by atoms with E-state index in [1.807, 2.05) is 0 Å². The van der Waals surface area contributed by atoms with Crippen LogP contribution in [0.25, 0.3) is 0 Å². The highest BCUT2D eigenvalue weighted by molar-refractivity contribution is 6.06. The van der Waals surface area contributed by atoms with Crippen LogP contribution in [0.4, 0.5) is 5.69 Å². The van der Waals surface area contributed by atoms with Crippen molar-refractivity contribution >= 4 is 23.7 Å². The van der Waals surface area contributed by atoms with E-state index < -0.39 is 4.92 Å². The van der Waals surface area contributed by atoms with Gasteiger partial charge in [-0.25, -0.2) is 0 Å². The number of benzene rings is 2. The van der Waals surface area contributed by atoms with E-state index in [9.17, 15) is 19.7 Å². The minimum absolute atomic E-state index is 0.0184. The summed E-state index contributed by atoms with van der Waals surface area (Å²) in [5, 5.41) is 16.1. The Hall–Kier alpha value is -4.01. The summed E-state index contributed by atoms with van der Waals surface area (Å²) in [6.45, 7) is 0.208. The van der Waals surface area contributed by atoms with Crippen molar-refractivity contribution in [3.8, 4) is 11.5 Å². The van der Waals surface area contributed by atoms with Crippen LogP contribution in [-0.4, -0.2) is 35.1 Å². The number of hydrogen-bond acceptors (Lipinski definition) is 7. The quantitative estimate of drug-likeness (QED) is 0.200. The number of ether oxygens (including phenoxy) is 2. The third-order valence-electron chi connectivity index (χ3n) is 7.69. The number of rotatable bonds is 7. The van der Waals surface area contributed by atoms with Crippen LogP contribution < -0.4 is 9.47 Å². The Morgan fingerprint density at radius 1 is 1.03 bits per heavy atom. The van der Waals surface area contributed by atoms with Gasteiger partial charge in [0.1, 0.15) is 6.61 Å². The molecule has 2 aromatic rings. The zero-order valence-electron chi connectivity index (χ0n) is 18.9. The first-order valence-electron chi connectivity index (χ1n) is 11.6. The van der Waals surface area contributed by atoms with Crippen molar-refractivity contribution in [3.05, 3.63) is 75.9 Å². The van der Waals surface area contributed by atoms with Crippen LogP contribution >= 0.6 is 0 Å². The Bertz CT molecular complexity index is 1250. The van der Waals surface area contributed by atoms with Crippen molar-refractivity contribution in [2.24, 2.45) is 40.6 Å². The Labute approximate surface area is 201 Å². The molecule has 7 rings (SSSR count). The lowest BCUT2D eigenvalue weighted by molar-refractivity contribution is -0.384. The van der Waals surface area contributed by atoms with Gasteiger partial charge in [-0.1, -0.05) is 12.2 Å². The summed E-state index contributed by atoms with van der Waals surface area (Å²) in [7, 11) is 1.52. The van der Waals surface area contributed by atoms with Crippen LogP contribution in [0.3, 0.4) is 0 Å². The van der Waals surface area contributed by atoms with Gasteiger partial charge < -0.3 is 9.47 Å². The molecule has 0 aromatic heterocycles. The number of imide groups is 1. The second kappa shape index (κ2) is 8.04. The van der Waals surface area contributed by atoms with Crippen LogP contribution in [0.2, 0.25) is 0 Å². The number of nitro benzene ring substituents is 1. The van der Waals surface area contributed by atoms with Crippen LogP contribution in [0.1, 0.15) is 17.5 Å². The molecule has 4 aliphatic carbocycles. The third-order valence-corrected chi connectivity index (χ3v) is 7.69. The number of carbonyl (C=O) groups is 2. The molecule has 0 spiro atoms. The number of amides is 2. The zero-order valence-corrected chi connectivity index (χ0v) is 18.9. The second-order valence-electron chi connectivity index (χ2n) is 9.51. The molecule has 178 valence electrons. The third kappa shape index (κ3) is 3.50. The standard InChI is InChI=1S/C26H23N3O6/c1-34-22-10-15(4-9-21(22)35-13-14-2-5-16(6-3-14)29(32)33)12-27-28-25(30)23-17-7-8-18(20-11-19(17)20)24(23)26(28)31/h2-10,12,17-20,23-24H,11,13H2,1H3/b27-12+. The molecule has 9 heteroatoms. The molecule has 0 N–H and O–H groups in total. The van der Waals surface area contributed by atoms with Gasteiger partial charge in [0.15, 0.2) is 11.5 Å². The van der Waals surface area contributed by atoms with Gasteiger partial charge in [0.05, 0.1) is 30.1 Å². The molecule has 3 fully saturated rings. The van der Waals surface area contributed by atoms with Gasteiger partial charge in [0.25, 0.3) is 17.5 Å². The Kier molecular flexibility index (Phi) is 4.94. The molecule has 0 radical (unpaired) electrons. The number of hydrazone groups is 1. The summed E-state index contributed by atoms with van der Waals surface area (Å²) in [4.78, 5) is 36.5. The number of methoxy groups -OCH3 is 1. The second-order valence-corrected chi connectivity index (χ2v) is 9.51. The number of nitrogens with zero attached hydrogens (tertiary/aromatic N) is 3. The molecule has 1 aliphatic heterocycles. The number of allylic oxidation sites excluding steroid dienone is 2. The maximum atomic E-state index is 13.1. The first kappa shape index (κ1) is 21.5. The summed E-state index contributed by atoms with van der Waals surface area (Å²) in [5.74, 6) is 1.44. The largest absolute Gasteiger partial charge is 0.493 e. The highest BCUT2D eigenvalue weighted by Crippen LogP contribution is 2.65. The van der Waals surface area contributed by atoms with Gasteiger partial charge in [-0.3, -0.25) is 19.7 Å². The Morgan fingerprint density at radius 2 is 1.69 bits per heavy atom. The molecular weight excluding hydrogens is 450 g/mol. The van der Waals surface area contributed by atoms with E-state index in [0.717, 1.165) is 17.0 Å². The van der Waals surface area contributed by atoms with Gasteiger partial charge in [-0.05, 0) is 71.6 Å². The number of nitro groups is 1. The number of carbonyl (C=O) groups excluding carboxylic acids is 2. The van der Waals surface area contributed by atoms with Crippen molar-refractivity contribution in [2.75, 3.05) is 7.11 Å². The Balaban J connectivity index is 1.15. The lowest BCUT2D eigenvalue weighted by atomic mass is 9.63. The van der Waals surface area contributed by atoms with E-state index in [1.165, 1.54) is 25.5 Å². The molecule has 6 atom stereocenters. The van der Waals surface area contributed by atoms with E-state index in [0.29, 0.717) is 28.9 Å². The molecule has 1 saturated heterocycles. The van der Waals surface area contributed by atoms with Gasteiger partial charge >= 0.3 is 0 Å². The van der Waals surface area contributed by atoms with Crippen molar-refractivity contribution in [1.82, 2.24) is 5.01 Å². The highest BCUT2D eigenvalue weighted by Gasteiger charge is 2.67.